The zero-order valence-electron chi connectivity index (χ0n) is 12.9. The van der Waals surface area contributed by atoms with Gasteiger partial charge in [0.1, 0.15) is 0 Å². The summed E-state index contributed by atoms with van der Waals surface area (Å²) >= 11 is 9.45. The molecule has 6 heteroatoms. The maximum atomic E-state index is 12.4. The quantitative estimate of drug-likeness (QED) is 0.841. The molecule has 1 aromatic carbocycles. The number of hydrogen-bond acceptors (Lipinski definition) is 2. The Hall–Kier alpha value is -1.33. The van der Waals surface area contributed by atoms with Crippen LogP contribution < -0.4 is 5.32 Å². The molecule has 1 amide bonds. The Morgan fingerprint density at radius 3 is 2.74 bits per heavy atom. The van der Waals surface area contributed by atoms with Gasteiger partial charge < -0.3 is 5.32 Å². The number of carbonyl (C=O) groups is 1. The van der Waals surface area contributed by atoms with Crippen LogP contribution in [-0.4, -0.2) is 21.7 Å². The van der Waals surface area contributed by atoms with E-state index in [1.54, 1.807) is 24.3 Å². The number of aromatic nitrogens is 2. The third-order valence-corrected chi connectivity index (χ3v) is 5.18. The zero-order chi connectivity index (χ0) is 16.4. The number of carbonyl (C=O) groups excluding carboxylic acids is 1. The van der Waals surface area contributed by atoms with Gasteiger partial charge in [0.05, 0.1) is 10.2 Å². The predicted molar refractivity (Wildman–Crippen MR) is 94.8 cm³/mol. The van der Waals surface area contributed by atoms with E-state index in [0.29, 0.717) is 16.5 Å². The minimum atomic E-state index is -0.0348. The second-order valence-electron chi connectivity index (χ2n) is 6.08. The van der Waals surface area contributed by atoms with Crippen molar-refractivity contribution in [2.24, 2.45) is 7.05 Å². The van der Waals surface area contributed by atoms with Crippen molar-refractivity contribution in [3.8, 4) is 0 Å². The average molecular weight is 397 g/mol. The van der Waals surface area contributed by atoms with Gasteiger partial charge in [0.15, 0.2) is 0 Å². The van der Waals surface area contributed by atoms with Gasteiger partial charge in [-0.2, -0.15) is 5.10 Å². The molecule has 2 unspecified atom stereocenters. The fraction of sp³-hybridized carbons (Fsp3) is 0.412. The van der Waals surface area contributed by atoms with E-state index in [2.05, 4.69) is 26.3 Å². The smallest absolute Gasteiger partial charge is 0.251 e. The zero-order valence-corrected chi connectivity index (χ0v) is 15.3. The highest BCUT2D eigenvalue weighted by Crippen LogP contribution is 2.35. The molecule has 1 aromatic heterocycles. The van der Waals surface area contributed by atoms with Crippen molar-refractivity contribution in [1.82, 2.24) is 15.1 Å². The van der Waals surface area contributed by atoms with Gasteiger partial charge in [0.25, 0.3) is 5.91 Å². The van der Waals surface area contributed by atoms with Crippen molar-refractivity contribution in [2.45, 2.75) is 37.6 Å². The molecule has 0 saturated heterocycles. The standard InChI is InChI=1S/C17H19BrClN3O/c1-22-10-15(18)16(21-22)12-3-2-4-14(9-12)20-17(23)11-5-7-13(19)8-6-11/h5-8,10,12,14H,2-4,9H2,1H3,(H,20,23). The lowest BCUT2D eigenvalue weighted by molar-refractivity contribution is 0.0925. The topological polar surface area (TPSA) is 46.9 Å². The molecule has 1 aliphatic carbocycles. The molecule has 23 heavy (non-hydrogen) atoms. The van der Waals surface area contributed by atoms with E-state index in [1.807, 2.05) is 17.9 Å². The largest absolute Gasteiger partial charge is 0.349 e. The highest BCUT2D eigenvalue weighted by atomic mass is 79.9. The summed E-state index contributed by atoms with van der Waals surface area (Å²) in [5.41, 5.74) is 1.74. The van der Waals surface area contributed by atoms with Gasteiger partial charge >= 0.3 is 0 Å². The first-order valence-electron chi connectivity index (χ1n) is 7.78. The lowest BCUT2D eigenvalue weighted by Gasteiger charge is -2.29. The Morgan fingerprint density at radius 1 is 1.35 bits per heavy atom. The molecule has 1 fully saturated rings. The van der Waals surface area contributed by atoms with Gasteiger partial charge in [-0.25, -0.2) is 0 Å². The molecule has 2 atom stereocenters. The SMILES string of the molecule is Cn1cc(Br)c(C2CCCC(NC(=O)c3ccc(Cl)cc3)C2)n1. The van der Waals surface area contributed by atoms with Crippen molar-refractivity contribution < 1.29 is 4.79 Å². The molecular formula is C17H19BrClN3O. The molecule has 1 saturated carbocycles. The monoisotopic (exact) mass is 395 g/mol. The highest BCUT2D eigenvalue weighted by Gasteiger charge is 2.27. The van der Waals surface area contributed by atoms with Crippen molar-refractivity contribution in [2.75, 3.05) is 0 Å². The van der Waals surface area contributed by atoms with Crippen molar-refractivity contribution in [3.63, 3.8) is 0 Å². The molecule has 0 radical (unpaired) electrons. The second kappa shape index (κ2) is 7.05. The molecule has 4 nitrogen and oxygen atoms in total. The molecular weight excluding hydrogens is 378 g/mol. The Balaban J connectivity index is 1.65. The van der Waals surface area contributed by atoms with Gasteiger partial charge in [-0.3, -0.25) is 9.48 Å². The maximum absolute atomic E-state index is 12.4. The van der Waals surface area contributed by atoms with E-state index >= 15 is 0 Å². The summed E-state index contributed by atoms with van der Waals surface area (Å²) in [5, 5.41) is 8.34. The summed E-state index contributed by atoms with van der Waals surface area (Å²) in [6.07, 6.45) is 6.13. The average Bonchev–Trinajstić information content (AvgIpc) is 2.87. The number of nitrogens with one attached hydrogen (secondary N) is 1. The van der Waals surface area contributed by atoms with Crippen molar-refractivity contribution in [3.05, 3.63) is 51.2 Å². The molecule has 3 rings (SSSR count). The fourth-order valence-electron chi connectivity index (χ4n) is 3.19. The summed E-state index contributed by atoms with van der Waals surface area (Å²) in [4.78, 5) is 12.4. The van der Waals surface area contributed by atoms with Gasteiger partial charge in [0.2, 0.25) is 0 Å². The number of rotatable bonds is 3. The number of benzene rings is 1. The molecule has 0 aliphatic heterocycles. The van der Waals surface area contributed by atoms with Gasteiger partial charge in [-0.05, 0) is 59.5 Å². The van der Waals surface area contributed by atoms with E-state index in [1.165, 1.54) is 0 Å². The molecule has 1 N–H and O–H groups in total. The first-order valence-corrected chi connectivity index (χ1v) is 8.95. The van der Waals surface area contributed by atoms with E-state index < -0.39 is 0 Å². The third kappa shape index (κ3) is 3.96. The van der Waals surface area contributed by atoms with Crippen LogP contribution in [0.4, 0.5) is 0 Å². The van der Waals surface area contributed by atoms with Crippen LogP contribution in [0.2, 0.25) is 5.02 Å². The Labute approximate surface area is 149 Å². The van der Waals surface area contributed by atoms with Crippen LogP contribution in [-0.2, 0) is 7.05 Å². The predicted octanol–water partition coefficient (Wildman–Crippen LogP) is 4.29. The second-order valence-corrected chi connectivity index (χ2v) is 7.37. The normalized spacial score (nSPS) is 21.2. The summed E-state index contributed by atoms with van der Waals surface area (Å²) in [5.74, 6) is 0.349. The van der Waals surface area contributed by atoms with Gasteiger partial charge in [-0.1, -0.05) is 18.0 Å². The van der Waals surface area contributed by atoms with Crippen molar-refractivity contribution in [1.29, 1.82) is 0 Å². The van der Waals surface area contributed by atoms with Crippen LogP contribution in [0, 0.1) is 0 Å². The summed E-state index contributed by atoms with van der Waals surface area (Å²) < 4.78 is 2.88. The molecule has 0 spiro atoms. The van der Waals surface area contributed by atoms with Crippen molar-refractivity contribution >= 4 is 33.4 Å². The lowest BCUT2D eigenvalue weighted by Crippen LogP contribution is -2.38. The lowest BCUT2D eigenvalue weighted by atomic mass is 9.83. The van der Waals surface area contributed by atoms with Gasteiger partial charge in [-0.15, -0.1) is 0 Å². The number of amides is 1. The number of nitrogens with zero attached hydrogens (tertiary/aromatic N) is 2. The summed E-state index contributed by atoms with van der Waals surface area (Å²) in [6, 6.07) is 7.18. The molecule has 2 aromatic rings. The van der Waals surface area contributed by atoms with Crippen LogP contribution in [0.5, 0.6) is 0 Å². The van der Waals surface area contributed by atoms with E-state index in [0.717, 1.165) is 35.8 Å². The maximum Gasteiger partial charge on any atom is 0.251 e. The minimum absolute atomic E-state index is 0.0348. The van der Waals surface area contributed by atoms with E-state index in [9.17, 15) is 4.79 Å². The van der Waals surface area contributed by atoms with E-state index in [4.69, 9.17) is 11.6 Å². The first kappa shape index (κ1) is 16.5. The first-order chi connectivity index (χ1) is 11.0. The number of aryl methyl sites for hydroxylation is 1. The molecule has 1 heterocycles. The van der Waals surface area contributed by atoms with Crippen LogP contribution in [0.25, 0.3) is 0 Å². The van der Waals surface area contributed by atoms with Gasteiger partial charge in [0, 0.05) is 35.8 Å². The fourth-order valence-corrected chi connectivity index (χ4v) is 4.02. The Kier molecular flexibility index (Phi) is 5.07. The molecule has 122 valence electrons. The van der Waals surface area contributed by atoms with Crippen LogP contribution in [0.3, 0.4) is 0 Å². The number of halogens is 2. The van der Waals surface area contributed by atoms with Crippen LogP contribution >= 0.6 is 27.5 Å². The highest BCUT2D eigenvalue weighted by molar-refractivity contribution is 9.10. The minimum Gasteiger partial charge on any atom is -0.349 e. The summed E-state index contributed by atoms with van der Waals surface area (Å²) in [6.45, 7) is 0. The van der Waals surface area contributed by atoms with Crippen LogP contribution in [0.1, 0.15) is 47.7 Å². The Morgan fingerprint density at radius 2 is 2.09 bits per heavy atom. The third-order valence-electron chi connectivity index (χ3n) is 4.31. The molecule has 0 bridgehead atoms. The Bertz CT molecular complexity index is 698. The summed E-state index contributed by atoms with van der Waals surface area (Å²) in [7, 11) is 1.93. The van der Waals surface area contributed by atoms with E-state index in [-0.39, 0.29) is 11.9 Å². The molecule has 1 aliphatic rings. The number of hydrogen-bond donors (Lipinski definition) is 1. The van der Waals surface area contributed by atoms with Crippen LogP contribution in [0.15, 0.2) is 34.9 Å².